The number of hydrogen-bond donors (Lipinski definition) is 0. The van der Waals surface area contributed by atoms with Crippen LogP contribution >= 0.6 is 0 Å². The Morgan fingerprint density at radius 2 is 1.82 bits per heavy atom. The van der Waals surface area contributed by atoms with Crippen LogP contribution in [0, 0.1) is 11.3 Å². The van der Waals surface area contributed by atoms with Gasteiger partial charge >= 0.3 is 5.97 Å². The molecule has 118 valence electrons. The fraction of sp³-hybridized carbons (Fsp3) is 0.474. The minimum atomic E-state index is -0.354. The zero-order valence-electron chi connectivity index (χ0n) is 13.4. The van der Waals surface area contributed by atoms with Gasteiger partial charge < -0.3 is 4.74 Å². The summed E-state index contributed by atoms with van der Waals surface area (Å²) in [4.78, 5) is 24.4. The van der Waals surface area contributed by atoms with E-state index < -0.39 is 0 Å². The Hall–Kier alpha value is -1.90. The molecular weight excluding hydrogens is 276 g/mol. The zero-order chi connectivity index (χ0) is 16.0. The first-order chi connectivity index (χ1) is 10.5. The van der Waals surface area contributed by atoms with Crippen molar-refractivity contribution in [2.45, 2.75) is 39.5 Å². The van der Waals surface area contributed by atoms with Gasteiger partial charge in [0.2, 0.25) is 0 Å². The van der Waals surface area contributed by atoms with E-state index in [1.54, 1.807) is 0 Å². The molecule has 1 aliphatic heterocycles. The van der Waals surface area contributed by atoms with Crippen LogP contribution in [0.1, 0.15) is 38.7 Å². The number of Topliss-reactive ketones (excluding diaryl/α,β-unsaturated/α-hetero) is 1. The molecule has 1 aromatic carbocycles. The third kappa shape index (κ3) is 5.14. The quantitative estimate of drug-likeness (QED) is 0.617. The molecule has 0 saturated heterocycles. The van der Waals surface area contributed by atoms with Crippen molar-refractivity contribution < 1.29 is 14.3 Å². The van der Waals surface area contributed by atoms with Crippen LogP contribution in [0.15, 0.2) is 42.5 Å². The number of hydrogen-bond acceptors (Lipinski definition) is 3. The summed E-state index contributed by atoms with van der Waals surface area (Å²) in [5.41, 5.74) is 0.822. The number of benzene rings is 1. The molecule has 0 aliphatic carbocycles. The van der Waals surface area contributed by atoms with Crippen LogP contribution < -0.4 is 0 Å². The monoisotopic (exact) mass is 300 g/mol. The predicted molar refractivity (Wildman–Crippen MR) is 86.4 cm³/mol. The number of carbonyl (C=O) groups excluding carboxylic acids is 2. The standard InChI is InChI=1S/C19H24O3/c1-19(2)13-17(20)16(12-15-8-4-3-5-9-15)10-6-7-11-22-18(21)14-19/h3-9,16H,10-14H2,1-2H3/b7-6+/t16-/m0/s1. The molecule has 1 heterocycles. The molecule has 0 radical (unpaired) electrons. The first-order valence-corrected chi connectivity index (χ1v) is 7.83. The second kappa shape index (κ2) is 7.39. The summed E-state index contributed by atoms with van der Waals surface area (Å²) in [6.45, 7) is 4.20. The number of cyclic esters (lactones) is 1. The van der Waals surface area contributed by atoms with Gasteiger partial charge in [-0.25, -0.2) is 0 Å². The predicted octanol–water partition coefficient (Wildman–Crippen LogP) is 3.72. The van der Waals surface area contributed by atoms with Crippen molar-refractivity contribution in [3.63, 3.8) is 0 Å². The Morgan fingerprint density at radius 1 is 1.09 bits per heavy atom. The van der Waals surface area contributed by atoms with E-state index in [2.05, 4.69) is 12.1 Å². The minimum Gasteiger partial charge on any atom is -0.461 e. The highest BCUT2D eigenvalue weighted by Gasteiger charge is 2.29. The largest absolute Gasteiger partial charge is 0.461 e. The van der Waals surface area contributed by atoms with Crippen molar-refractivity contribution in [1.29, 1.82) is 0 Å². The van der Waals surface area contributed by atoms with Crippen LogP contribution in [0.4, 0.5) is 0 Å². The summed E-state index contributed by atoms with van der Waals surface area (Å²) >= 11 is 0. The molecule has 1 aliphatic rings. The van der Waals surface area contributed by atoms with Crippen molar-refractivity contribution >= 4 is 11.8 Å². The molecule has 0 unspecified atom stereocenters. The zero-order valence-corrected chi connectivity index (χ0v) is 13.4. The highest BCUT2D eigenvalue weighted by Crippen LogP contribution is 2.29. The van der Waals surface area contributed by atoms with E-state index >= 15 is 0 Å². The number of ketones is 1. The maximum absolute atomic E-state index is 12.7. The normalized spacial score (nSPS) is 24.2. The van der Waals surface area contributed by atoms with Crippen molar-refractivity contribution in [2.24, 2.45) is 11.3 Å². The third-order valence-electron chi connectivity index (χ3n) is 3.98. The van der Waals surface area contributed by atoms with E-state index in [9.17, 15) is 9.59 Å². The lowest BCUT2D eigenvalue weighted by Gasteiger charge is -2.24. The highest BCUT2D eigenvalue weighted by atomic mass is 16.5. The van der Waals surface area contributed by atoms with Gasteiger partial charge in [0, 0.05) is 12.3 Å². The Bertz CT molecular complexity index is 543. The highest BCUT2D eigenvalue weighted by molar-refractivity contribution is 5.83. The van der Waals surface area contributed by atoms with Crippen LogP contribution in [0.5, 0.6) is 0 Å². The molecule has 0 fully saturated rings. The second-order valence-electron chi connectivity index (χ2n) is 6.76. The van der Waals surface area contributed by atoms with E-state index in [1.807, 2.05) is 44.2 Å². The topological polar surface area (TPSA) is 43.4 Å². The average molecular weight is 300 g/mol. The molecule has 1 atom stereocenters. The SMILES string of the molecule is CC1(C)CC(=O)OC/C=C/C[C@@H](Cc2ccccc2)C(=O)C1. The molecule has 1 aromatic rings. The van der Waals surface area contributed by atoms with Gasteiger partial charge in [-0.3, -0.25) is 9.59 Å². The first kappa shape index (κ1) is 16.5. The Labute approximate surface area is 132 Å². The summed E-state index contributed by atoms with van der Waals surface area (Å²) in [5, 5.41) is 0. The van der Waals surface area contributed by atoms with E-state index in [1.165, 1.54) is 5.56 Å². The first-order valence-electron chi connectivity index (χ1n) is 7.83. The summed E-state index contributed by atoms with van der Waals surface area (Å²) < 4.78 is 5.16. The van der Waals surface area contributed by atoms with E-state index in [-0.39, 0.29) is 29.5 Å². The molecule has 0 aromatic heterocycles. The summed E-state index contributed by atoms with van der Waals surface area (Å²) in [6.07, 6.45) is 5.92. The molecule has 0 saturated carbocycles. The van der Waals surface area contributed by atoms with Crippen LogP contribution in [0.2, 0.25) is 0 Å². The summed E-state index contributed by atoms with van der Waals surface area (Å²) in [7, 11) is 0. The van der Waals surface area contributed by atoms with Crippen molar-refractivity contribution in [3.05, 3.63) is 48.0 Å². The van der Waals surface area contributed by atoms with Crippen LogP contribution in [-0.4, -0.2) is 18.4 Å². The number of carbonyl (C=O) groups is 2. The van der Waals surface area contributed by atoms with Crippen LogP contribution in [0.25, 0.3) is 0 Å². The van der Waals surface area contributed by atoms with Crippen LogP contribution in [0.3, 0.4) is 0 Å². The van der Waals surface area contributed by atoms with Crippen molar-refractivity contribution in [1.82, 2.24) is 0 Å². The molecule has 3 heteroatoms. The number of esters is 1. The molecular formula is C19H24O3. The Balaban J connectivity index is 2.14. The molecule has 0 N–H and O–H groups in total. The number of ether oxygens (including phenoxy) is 1. The maximum Gasteiger partial charge on any atom is 0.306 e. The van der Waals surface area contributed by atoms with E-state index in [0.29, 0.717) is 19.4 Å². The molecule has 2 rings (SSSR count). The number of rotatable bonds is 2. The van der Waals surface area contributed by atoms with Gasteiger partial charge in [-0.05, 0) is 23.8 Å². The minimum absolute atomic E-state index is 0.0360. The molecule has 0 amide bonds. The lowest BCUT2D eigenvalue weighted by atomic mass is 9.79. The lowest BCUT2D eigenvalue weighted by Crippen LogP contribution is -2.26. The van der Waals surface area contributed by atoms with Crippen LogP contribution in [-0.2, 0) is 20.7 Å². The Morgan fingerprint density at radius 3 is 2.55 bits per heavy atom. The maximum atomic E-state index is 12.7. The Kier molecular flexibility index (Phi) is 5.53. The fourth-order valence-electron chi connectivity index (χ4n) is 2.82. The van der Waals surface area contributed by atoms with Gasteiger partial charge in [-0.1, -0.05) is 56.3 Å². The summed E-state index contributed by atoms with van der Waals surface area (Å²) in [6, 6.07) is 10.1. The molecule has 0 spiro atoms. The average Bonchev–Trinajstić information content (AvgIpc) is 2.46. The van der Waals surface area contributed by atoms with Gasteiger partial charge in [0.25, 0.3) is 0 Å². The van der Waals surface area contributed by atoms with Gasteiger partial charge in [0.15, 0.2) is 0 Å². The van der Waals surface area contributed by atoms with Gasteiger partial charge in [0.1, 0.15) is 12.4 Å². The van der Waals surface area contributed by atoms with Gasteiger partial charge in [-0.2, -0.15) is 0 Å². The van der Waals surface area contributed by atoms with Crippen molar-refractivity contribution in [3.8, 4) is 0 Å². The smallest absolute Gasteiger partial charge is 0.306 e. The molecule has 0 bridgehead atoms. The van der Waals surface area contributed by atoms with Gasteiger partial charge in [0.05, 0.1) is 6.42 Å². The number of allylic oxidation sites excluding steroid dienone is 1. The lowest BCUT2D eigenvalue weighted by molar-refractivity contribution is -0.145. The summed E-state index contributed by atoms with van der Waals surface area (Å²) in [5.74, 6) is -0.0386. The molecule has 22 heavy (non-hydrogen) atoms. The second-order valence-corrected chi connectivity index (χ2v) is 6.76. The molecule has 3 nitrogen and oxygen atoms in total. The van der Waals surface area contributed by atoms with E-state index in [4.69, 9.17) is 4.74 Å². The van der Waals surface area contributed by atoms with E-state index in [0.717, 1.165) is 6.42 Å². The fourth-order valence-corrected chi connectivity index (χ4v) is 2.82. The third-order valence-corrected chi connectivity index (χ3v) is 3.98. The van der Waals surface area contributed by atoms with Crippen molar-refractivity contribution in [2.75, 3.05) is 6.61 Å². The van der Waals surface area contributed by atoms with Gasteiger partial charge in [-0.15, -0.1) is 0 Å².